The first-order chi connectivity index (χ1) is 18.9. The van der Waals surface area contributed by atoms with Crippen LogP contribution in [0.3, 0.4) is 0 Å². The molecule has 4 rings (SSSR count). The van der Waals surface area contributed by atoms with E-state index in [4.69, 9.17) is 4.74 Å². The Morgan fingerprint density at radius 2 is 1.77 bits per heavy atom. The summed E-state index contributed by atoms with van der Waals surface area (Å²) in [6.45, 7) is 11.5. The molecule has 1 saturated heterocycles. The van der Waals surface area contributed by atoms with Gasteiger partial charge in [-0.1, -0.05) is 58.2 Å². The van der Waals surface area contributed by atoms with Gasteiger partial charge < -0.3 is 19.6 Å². The molecule has 39 heavy (non-hydrogen) atoms. The van der Waals surface area contributed by atoms with E-state index in [9.17, 15) is 14.7 Å². The predicted octanol–water partition coefficient (Wildman–Crippen LogP) is 5.37. The summed E-state index contributed by atoms with van der Waals surface area (Å²) in [6.07, 6.45) is 6.30. The van der Waals surface area contributed by atoms with E-state index in [-0.39, 0.29) is 11.3 Å². The summed E-state index contributed by atoms with van der Waals surface area (Å²) in [5.41, 5.74) is 2.49. The van der Waals surface area contributed by atoms with E-state index < -0.39 is 17.7 Å². The number of aryl methyl sites for hydroxylation is 1. The number of amides is 1. The first-order valence-corrected chi connectivity index (χ1v) is 14.1. The van der Waals surface area contributed by atoms with Gasteiger partial charge >= 0.3 is 0 Å². The molecule has 0 bridgehead atoms. The van der Waals surface area contributed by atoms with Crippen LogP contribution in [0.1, 0.15) is 69.4 Å². The molecule has 1 unspecified atom stereocenters. The summed E-state index contributed by atoms with van der Waals surface area (Å²) < 4.78 is 7.67. The van der Waals surface area contributed by atoms with Crippen LogP contribution >= 0.6 is 0 Å². The topological polar surface area (TPSA) is 87.4 Å². The van der Waals surface area contributed by atoms with Crippen molar-refractivity contribution in [2.45, 2.75) is 59.4 Å². The lowest BCUT2D eigenvalue weighted by molar-refractivity contribution is -0.140. The van der Waals surface area contributed by atoms with Gasteiger partial charge in [-0.05, 0) is 56.3 Å². The first-order valence-electron chi connectivity index (χ1n) is 14.1. The van der Waals surface area contributed by atoms with E-state index in [1.807, 2.05) is 42.5 Å². The van der Waals surface area contributed by atoms with Gasteiger partial charge in [0.1, 0.15) is 17.1 Å². The van der Waals surface area contributed by atoms with Crippen molar-refractivity contribution in [1.82, 2.24) is 19.2 Å². The second-order valence-electron chi connectivity index (χ2n) is 9.97. The first kappa shape index (κ1) is 28.4. The lowest BCUT2D eigenvalue weighted by Gasteiger charge is -2.28. The lowest BCUT2D eigenvalue weighted by atomic mass is 9.96. The number of pyridine rings is 1. The smallest absolute Gasteiger partial charge is 0.295 e. The summed E-state index contributed by atoms with van der Waals surface area (Å²) in [5, 5.41) is 11.6. The SMILES string of the molecule is CCCCCCOc1ccc(C2C(=C(O)c3c(C)nc4ccccn34)C(=O)C(=O)N2CCN(CC)CC)cc1. The molecule has 8 nitrogen and oxygen atoms in total. The van der Waals surface area contributed by atoms with Crippen molar-refractivity contribution in [3.63, 3.8) is 0 Å². The number of ketones is 1. The number of likely N-dealkylation sites (tertiary alicyclic amines) is 1. The van der Waals surface area contributed by atoms with Gasteiger partial charge in [0, 0.05) is 19.3 Å². The molecule has 0 radical (unpaired) electrons. The molecule has 1 N–H and O–H groups in total. The molecular weight excluding hydrogens is 492 g/mol. The zero-order valence-corrected chi connectivity index (χ0v) is 23.5. The van der Waals surface area contributed by atoms with Crippen molar-refractivity contribution >= 4 is 23.1 Å². The molecule has 0 saturated carbocycles. The average molecular weight is 533 g/mol. The van der Waals surface area contributed by atoms with Gasteiger partial charge in [-0.15, -0.1) is 0 Å². The van der Waals surface area contributed by atoms with Gasteiger partial charge in [-0.2, -0.15) is 0 Å². The highest BCUT2D eigenvalue weighted by Crippen LogP contribution is 2.40. The maximum atomic E-state index is 13.5. The quantitative estimate of drug-likeness (QED) is 0.138. The van der Waals surface area contributed by atoms with Crippen LogP contribution in [0.5, 0.6) is 5.75 Å². The molecule has 1 aliphatic heterocycles. The highest BCUT2D eigenvalue weighted by molar-refractivity contribution is 6.46. The number of aliphatic hydroxyl groups is 1. The van der Waals surface area contributed by atoms with Crippen molar-refractivity contribution in [2.75, 3.05) is 32.8 Å². The van der Waals surface area contributed by atoms with E-state index in [0.29, 0.717) is 36.7 Å². The Bertz CT molecular complexity index is 1320. The molecule has 1 atom stereocenters. The Labute approximate surface area is 230 Å². The van der Waals surface area contributed by atoms with Crippen molar-refractivity contribution in [3.05, 3.63) is 71.2 Å². The van der Waals surface area contributed by atoms with Gasteiger partial charge in [0.25, 0.3) is 11.7 Å². The van der Waals surface area contributed by atoms with Crippen molar-refractivity contribution in [3.8, 4) is 5.75 Å². The molecule has 1 aromatic carbocycles. The van der Waals surface area contributed by atoms with Crippen LogP contribution in [0.4, 0.5) is 0 Å². The van der Waals surface area contributed by atoms with Crippen LogP contribution in [0, 0.1) is 6.92 Å². The molecule has 1 aliphatic rings. The van der Waals surface area contributed by atoms with Crippen molar-refractivity contribution in [2.24, 2.45) is 0 Å². The van der Waals surface area contributed by atoms with E-state index in [0.717, 1.165) is 37.2 Å². The zero-order chi connectivity index (χ0) is 27.9. The summed E-state index contributed by atoms with van der Waals surface area (Å²) >= 11 is 0. The van der Waals surface area contributed by atoms with E-state index in [1.54, 1.807) is 22.4 Å². The number of carbonyl (C=O) groups is 2. The van der Waals surface area contributed by atoms with Crippen LogP contribution in [0.2, 0.25) is 0 Å². The Morgan fingerprint density at radius 3 is 2.46 bits per heavy atom. The number of benzene rings is 1. The summed E-state index contributed by atoms with van der Waals surface area (Å²) in [6, 6.07) is 12.3. The maximum Gasteiger partial charge on any atom is 0.295 e. The normalized spacial score (nSPS) is 17.1. The number of fused-ring (bicyclic) bond motifs is 1. The number of likely N-dealkylation sites (N-methyl/N-ethyl adjacent to an activating group) is 1. The van der Waals surface area contributed by atoms with Crippen LogP contribution in [-0.2, 0) is 9.59 Å². The number of carbonyl (C=O) groups excluding carboxylic acids is 2. The number of unbranched alkanes of at least 4 members (excludes halogenated alkanes) is 3. The predicted molar refractivity (Wildman–Crippen MR) is 153 cm³/mol. The number of aliphatic hydroxyl groups excluding tert-OH is 1. The number of ether oxygens (including phenoxy) is 1. The molecule has 1 fully saturated rings. The third-order valence-corrected chi connectivity index (χ3v) is 7.48. The Hall–Kier alpha value is -3.65. The summed E-state index contributed by atoms with van der Waals surface area (Å²) in [7, 11) is 0. The minimum Gasteiger partial charge on any atom is -0.505 e. The van der Waals surface area contributed by atoms with Gasteiger partial charge in [0.2, 0.25) is 0 Å². The van der Waals surface area contributed by atoms with Gasteiger partial charge in [-0.3, -0.25) is 14.0 Å². The minimum atomic E-state index is -0.715. The molecule has 8 heteroatoms. The zero-order valence-electron chi connectivity index (χ0n) is 23.5. The lowest BCUT2D eigenvalue weighted by Crippen LogP contribution is -2.38. The molecule has 0 aliphatic carbocycles. The Kier molecular flexibility index (Phi) is 9.41. The number of Topliss-reactive ketones (excluding diaryl/α,β-unsaturated/α-hetero) is 1. The summed E-state index contributed by atoms with van der Waals surface area (Å²) in [5.74, 6) is -0.751. The van der Waals surface area contributed by atoms with Gasteiger partial charge in [0.15, 0.2) is 5.76 Å². The molecule has 208 valence electrons. The number of imidazole rings is 1. The fraction of sp³-hybridized carbons (Fsp3) is 0.452. The molecular formula is C31H40N4O4. The molecule has 2 aromatic heterocycles. The largest absolute Gasteiger partial charge is 0.505 e. The molecule has 3 aromatic rings. The maximum absolute atomic E-state index is 13.5. The second-order valence-corrected chi connectivity index (χ2v) is 9.97. The molecule has 1 amide bonds. The average Bonchev–Trinajstić information content (AvgIpc) is 3.41. The van der Waals surface area contributed by atoms with Gasteiger partial charge in [0.05, 0.1) is 23.9 Å². The highest BCUT2D eigenvalue weighted by atomic mass is 16.5. The molecule has 0 spiro atoms. The van der Waals surface area contributed by atoms with Crippen LogP contribution < -0.4 is 4.74 Å². The third-order valence-electron chi connectivity index (χ3n) is 7.48. The van der Waals surface area contributed by atoms with Crippen LogP contribution in [0.25, 0.3) is 11.4 Å². The molecule has 3 heterocycles. The van der Waals surface area contributed by atoms with E-state index >= 15 is 0 Å². The summed E-state index contributed by atoms with van der Waals surface area (Å²) in [4.78, 5) is 35.2. The van der Waals surface area contributed by atoms with Crippen LogP contribution in [0.15, 0.2) is 54.2 Å². The van der Waals surface area contributed by atoms with Crippen LogP contribution in [-0.4, -0.2) is 68.8 Å². The third kappa shape index (κ3) is 6.01. The Balaban J connectivity index is 1.72. The van der Waals surface area contributed by atoms with Gasteiger partial charge in [-0.25, -0.2) is 4.98 Å². The number of aromatic nitrogens is 2. The number of hydrogen-bond donors (Lipinski definition) is 1. The highest BCUT2D eigenvalue weighted by Gasteiger charge is 2.46. The minimum absolute atomic E-state index is 0.0848. The fourth-order valence-corrected chi connectivity index (χ4v) is 5.24. The fourth-order valence-electron chi connectivity index (χ4n) is 5.24. The van der Waals surface area contributed by atoms with E-state index in [2.05, 4.69) is 30.7 Å². The number of rotatable bonds is 13. The van der Waals surface area contributed by atoms with Crippen molar-refractivity contribution < 1.29 is 19.4 Å². The van der Waals surface area contributed by atoms with E-state index in [1.165, 1.54) is 12.8 Å². The van der Waals surface area contributed by atoms with Crippen molar-refractivity contribution in [1.29, 1.82) is 0 Å². The second kappa shape index (κ2) is 12.9. The standard InChI is InChI=1S/C31H40N4O4/c1-5-8-9-12-21-39-24-16-14-23(15-17-24)28-26(30(37)31(38)35(28)20-19-33(6-2)7-3)29(36)27-22(4)32-25-13-10-11-18-34(25)27/h10-11,13-18,28,36H,5-9,12,19-21H2,1-4H3. The Morgan fingerprint density at radius 1 is 1.03 bits per heavy atom. The number of nitrogens with zero attached hydrogens (tertiary/aromatic N) is 4. The number of hydrogen-bond acceptors (Lipinski definition) is 6. The monoisotopic (exact) mass is 532 g/mol.